The fourth-order valence-corrected chi connectivity index (χ4v) is 5.82. The van der Waals surface area contributed by atoms with Gasteiger partial charge in [-0.05, 0) is 26.8 Å². The van der Waals surface area contributed by atoms with Crippen LogP contribution in [0.5, 0.6) is 0 Å². The zero-order valence-electron chi connectivity index (χ0n) is 21.6. The minimum absolute atomic E-state index is 0.135. The number of methoxy groups -OCH3 is 1. The van der Waals surface area contributed by atoms with Crippen molar-refractivity contribution in [1.82, 2.24) is 19.9 Å². The van der Waals surface area contributed by atoms with Crippen LogP contribution in [0.4, 0.5) is 17.1 Å². The molecular weight excluding hydrogens is 558 g/mol. The van der Waals surface area contributed by atoms with Gasteiger partial charge in [0, 0.05) is 43.8 Å². The van der Waals surface area contributed by atoms with E-state index in [0.717, 1.165) is 22.5 Å². The predicted octanol–water partition coefficient (Wildman–Crippen LogP) is 3.50. The number of carbonyl (C=O) groups is 1. The van der Waals surface area contributed by atoms with Gasteiger partial charge < -0.3 is 29.6 Å². The van der Waals surface area contributed by atoms with E-state index in [9.17, 15) is 14.9 Å². The maximum absolute atomic E-state index is 13.7. The van der Waals surface area contributed by atoms with Crippen LogP contribution in [0.15, 0.2) is 29.0 Å². The molecule has 2 aromatic heterocycles. The quantitative estimate of drug-likeness (QED) is 0.327. The van der Waals surface area contributed by atoms with Gasteiger partial charge in [0.15, 0.2) is 0 Å². The molecule has 0 unspecified atom stereocenters. The first-order valence-electron chi connectivity index (χ1n) is 12.4. The van der Waals surface area contributed by atoms with Crippen LogP contribution < -0.4 is 10.2 Å². The summed E-state index contributed by atoms with van der Waals surface area (Å²) in [5.74, 6) is 0.496. The molecule has 4 atom stereocenters. The molecule has 3 aromatic rings. The predicted molar refractivity (Wildman–Crippen MR) is 146 cm³/mol. The SMILES string of the molecule is CO[C@H]1CN(c2cncc3[nH]c(C)nc23)C[C@@H]1Nc1c(C(=O)N2C[C@@H](C)O[C@@H](C)C2)cc(Br)cc1[N+](=O)[O-]. The van der Waals surface area contributed by atoms with Crippen molar-refractivity contribution in [2.24, 2.45) is 0 Å². The first-order chi connectivity index (χ1) is 18.1. The third kappa shape index (κ3) is 5.05. The molecule has 1 aromatic carbocycles. The van der Waals surface area contributed by atoms with Crippen molar-refractivity contribution in [3.05, 3.63) is 50.5 Å². The third-order valence-electron chi connectivity index (χ3n) is 6.95. The molecule has 0 bridgehead atoms. The highest BCUT2D eigenvalue weighted by molar-refractivity contribution is 9.10. The van der Waals surface area contributed by atoms with E-state index < -0.39 is 4.92 Å². The number of carbonyl (C=O) groups excluding carboxylic acids is 1. The van der Waals surface area contributed by atoms with E-state index in [2.05, 4.69) is 41.1 Å². The smallest absolute Gasteiger partial charge is 0.294 e. The lowest BCUT2D eigenvalue weighted by Gasteiger charge is -2.35. The Labute approximate surface area is 228 Å². The summed E-state index contributed by atoms with van der Waals surface area (Å²) in [6.07, 6.45) is 2.92. The summed E-state index contributed by atoms with van der Waals surface area (Å²) in [5.41, 5.74) is 2.70. The summed E-state index contributed by atoms with van der Waals surface area (Å²) >= 11 is 3.36. The van der Waals surface area contributed by atoms with Crippen molar-refractivity contribution in [2.45, 2.75) is 45.1 Å². The number of nitro benzene ring substituents is 1. The minimum atomic E-state index is -0.472. The number of aromatic nitrogens is 3. The second-order valence-electron chi connectivity index (χ2n) is 9.88. The molecule has 0 spiro atoms. The Hall–Kier alpha value is -3.29. The fourth-order valence-electron chi connectivity index (χ4n) is 5.38. The van der Waals surface area contributed by atoms with Crippen molar-refractivity contribution >= 4 is 49.9 Å². The second kappa shape index (κ2) is 10.5. The molecule has 202 valence electrons. The number of nitrogens with zero attached hydrogens (tertiary/aromatic N) is 5. The zero-order valence-corrected chi connectivity index (χ0v) is 23.2. The van der Waals surface area contributed by atoms with Gasteiger partial charge in [-0.2, -0.15) is 0 Å². The molecule has 4 heterocycles. The number of aromatic amines is 1. The Morgan fingerprint density at radius 1 is 1.24 bits per heavy atom. The number of H-pyrrole nitrogens is 1. The number of amides is 1. The molecule has 2 saturated heterocycles. The van der Waals surface area contributed by atoms with Crippen molar-refractivity contribution in [3.63, 3.8) is 0 Å². The monoisotopic (exact) mass is 587 g/mol. The number of hydrogen-bond donors (Lipinski definition) is 2. The molecule has 5 rings (SSSR count). The average molecular weight is 588 g/mol. The molecule has 0 aliphatic carbocycles. The molecule has 1 amide bonds. The van der Waals surface area contributed by atoms with E-state index >= 15 is 0 Å². The Morgan fingerprint density at radius 3 is 2.66 bits per heavy atom. The highest BCUT2D eigenvalue weighted by atomic mass is 79.9. The molecule has 12 nitrogen and oxygen atoms in total. The van der Waals surface area contributed by atoms with Gasteiger partial charge in [0.2, 0.25) is 0 Å². The number of morpholine rings is 1. The fraction of sp³-hybridized carbons (Fsp3) is 0.480. The number of imidazole rings is 1. The summed E-state index contributed by atoms with van der Waals surface area (Å²) in [7, 11) is 1.61. The molecule has 2 aliphatic heterocycles. The van der Waals surface area contributed by atoms with Crippen molar-refractivity contribution in [1.29, 1.82) is 0 Å². The Kier molecular flexibility index (Phi) is 7.25. The summed E-state index contributed by atoms with van der Waals surface area (Å²) in [6.45, 7) is 7.50. The van der Waals surface area contributed by atoms with Crippen LogP contribution in [0, 0.1) is 17.0 Å². The van der Waals surface area contributed by atoms with Gasteiger partial charge in [-0.1, -0.05) is 15.9 Å². The largest absolute Gasteiger partial charge is 0.377 e. The molecule has 13 heteroatoms. The highest BCUT2D eigenvalue weighted by Gasteiger charge is 2.38. The van der Waals surface area contributed by atoms with Crippen LogP contribution >= 0.6 is 15.9 Å². The van der Waals surface area contributed by atoms with Crippen LogP contribution in [0.2, 0.25) is 0 Å². The lowest BCUT2D eigenvalue weighted by atomic mass is 10.1. The topological polar surface area (TPSA) is 139 Å². The Morgan fingerprint density at radius 2 is 1.97 bits per heavy atom. The van der Waals surface area contributed by atoms with Gasteiger partial charge in [-0.25, -0.2) is 4.98 Å². The number of halogens is 1. The van der Waals surface area contributed by atoms with E-state index in [1.807, 2.05) is 20.8 Å². The van der Waals surface area contributed by atoms with Crippen LogP contribution in [0.25, 0.3) is 11.0 Å². The number of ether oxygens (including phenoxy) is 2. The number of pyridine rings is 1. The standard InChI is InChI=1S/C25H30BrN7O5/c1-13-9-32(10-14(2)38-13)25(34)17-5-16(26)6-20(33(35)36)23(17)30-19-11-31(12-22(19)37-4)21-8-27-7-18-24(21)29-15(3)28-18/h5-8,13-14,19,22,30H,9-12H2,1-4H3,(H,28,29)/t13-,14+,19-,22-/m0/s1. The molecule has 38 heavy (non-hydrogen) atoms. The van der Waals surface area contributed by atoms with Gasteiger partial charge in [0.05, 0.1) is 58.4 Å². The van der Waals surface area contributed by atoms with Crippen molar-refractivity contribution < 1.29 is 19.2 Å². The summed E-state index contributed by atoms with van der Waals surface area (Å²) < 4.78 is 12.0. The van der Waals surface area contributed by atoms with E-state index in [4.69, 9.17) is 9.47 Å². The number of nitrogens with one attached hydrogen (secondary N) is 2. The van der Waals surface area contributed by atoms with E-state index in [-0.39, 0.29) is 47.2 Å². The summed E-state index contributed by atoms with van der Waals surface area (Å²) in [5, 5.41) is 15.5. The molecule has 0 saturated carbocycles. The summed E-state index contributed by atoms with van der Waals surface area (Å²) in [6, 6.07) is 2.70. The summed E-state index contributed by atoms with van der Waals surface area (Å²) in [4.78, 5) is 41.3. The number of anilines is 2. The lowest BCUT2D eigenvalue weighted by molar-refractivity contribution is -0.384. The maximum atomic E-state index is 13.7. The van der Waals surface area contributed by atoms with Crippen LogP contribution in [-0.2, 0) is 9.47 Å². The normalized spacial score (nSPS) is 23.7. The molecule has 2 fully saturated rings. The number of fused-ring (bicyclic) bond motifs is 1. The van der Waals surface area contributed by atoms with Crippen LogP contribution in [0.3, 0.4) is 0 Å². The number of benzene rings is 1. The number of nitro groups is 1. The molecule has 0 radical (unpaired) electrons. The highest BCUT2D eigenvalue weighted by Crippen LogP contribution is 2.36. The van der Waals surface area contributed by atoms with Gasteiger partial charge in [0.25, 0.3) is 11.6 Å². The number of aryl methyl sites for hydroxylation is 1. The molecular formula is C25H30BrN7O5. The maximum Gasteiger partial charge on any atom is 0.294 e. The molecule has 2 N–H and O–H groups in total. The van der Waals surface area contributed by atoms with Gasteiger partial charge in [-0.15, -0.1) is 0 Å². The lowest BCUT2D eigenvalue weighted by Crippen LogP contribution is -2.48. The minimum Gasteiger partial charge on any atom is -0.377 e. The zero-order chi connectivity index (χ0) is 27.1. The number of rotatable bonds is 6. The van der Waals surface area contributed by atoms with E-state index in [1.54, 1.807) is 30.5 Å². The molecule has 2 aliphatic rings. The van der Waals surface area contributed by atoms with Gasteiger partial charge in [-0.3, -0.25) is 19.9 Å². The Bertz CT molecular complexity index is 1370. The number of hydrogen-bond acceptors (Lipinski definition) is 9. The second-order valence-corrected chi connectivity index (χ2v) is 10.8. The van der Waals surface area contributed by atoms with Crippen LogP contribution in [-0.4, -0.2) is 88.3 Å². The van der Waals surface area contributed by atoms with Gasteiger partial charge >= 0.3 is 0 Å². The van der Waals surface area contributed by atoms with Gasteiger partial charge in [0.1, 0.15) is 17.0 Å². The first kappa shape index (κ1) is 26.3. The third-order valence-corrected chi connectivity index (χ3v) is 7.41. The average Bonchev–Trinajstić information content (AvgIpc) is 3.45. The Balaban J connectivity index is 1.49. The van der Waals surface area contributed by atoms with Crippen molar-refractivity contribution in [2.75, 3.05) is 43.5 Å². The van der Waals surface area contributed by atoms with Crippen molar-refractivity contribution in [3.8, 4) is 0 Å². The van der Waals surface area contributed by atoms with E-state index in [0.29, 0.717) is 30.7 Å². The van der Waals surface area contributed by atoms with E-state index in [1.165, 1.54) is 6.07 Å². The first-order valence-corrected chi connectivity index (χ1v) is 13.2. The van der Waals surface area contributed by atoms with Crippen LogP contribution in [0.1, 0.15) is 30.0 Å².